The van der Waals surface area contributed by atoms with Crippen molar-refractivity contribution in [1.29, 1.82) is 0 Å². The van der Waals surface area contributed by atoms with E-state index in [9.17, 15) is 15.2 Å². The number of benzene rings is 3. The summed E-state index contributed by atoms with van der Waals surface area (Å²) in [6.45, 7) is 13.6. The van der Waals surface area contributed by atoms with Crippen molar-refractivity contribution < 1.29 is 10.0 Å². The Hall–Kier alpha value is -3.54. The van der Waals surface area contributed by atoms with Gasteiger partial charge in [0.25, 0.3) is 5.69 Å². The van der Waals surface area contributed by atoms with Gasteiger partial charge in [-0.25, -0.2) is 0 Å². The third kappa shape index (κ3) is 10.6. The molecule has 0 spiro atoms. The average molecular weight is 586 g/mol. The highest BCUT2D eigenvalue weighted by atomic mass is 16.6. The number of phenols is 1. The van der Waals surface area contributed by atoms with E-state index in [1.165, 1.54) is 69.1 Å². The lowest BCUT2D eigenvalue weighted by Crippen LogP contribution is -2.00. The van der Waals surface area contributed by atoms with E-state index in [4.69, 9.17) is 0 Å². The highest BCUT2D eigenvalue weighted by Crippen LogP contribution is 2.41. The second-order valence-electron chi connectivity index (χ2n) is 12.9. The third-order valence-corrected chi connectivity index (χ3v) is 8.65. The summed E-state index contributed by atoms with van der Waals surface area (Å²) in [6.07, 6.45) is 14.5. The lowest BCUT2D eigenvalue weighted by Gasteiger charge is -2.15. The first kappa shape index (κ1) is 34.0. The Morgan fingerprint density at radius 2 is 1.44 bits per heavy atom. The van der Waals surface area contributed by atoms with E-state index in [0.717, 1.165) is 46.1 Å². The van der Waals surface area contributed by atoms with Crippen LogP contribution < -0.4 is 0 Å². The molecule has 6 heteroatoms. The molecule has 6 nitrogen and oxygen atoms in total. The summed E-state index contributed by atoms with van der Waals surface area (Å²) in [7, 11) is 0. The Morgan fingerprint density at radius 1 is 0.860 bits per heavy atom. The Bertz CT molecular complexity index is 1390. The molecule has 0 amide bonds. The van der Waals surface area contributed by atoms with Gasteiger partial charge in [0.15, 0.2) is 0 Å². The summed E-state index contributed by atoms with van der Waals surface area (Å²) in [5.41, 5.74) is 4.33. The predicted octanol–water partition coefficient (Wildman–Crippen LogP) is 12.1. The zero-order valence-corrected chi connectivity index (χ0v) is 27.1. The Balaban J connectivity index is 1.59. The lowest BCUT2D eigenvalue weighted by atomic mass is 9.91. The number of nitrogens with zero attached hydrogens (tertiary/aromatic N) is 3. The van der Waals surface area contributed by atoms with Crippen LogP contribution in [0.15, 0.2) is 70.4 Å². The molecular weight excluding hydrogens is 534 g/mol. The third-order valence-electron chi connectivity index (χ3n) is 8.65. The average Bonchev–Trinajstić information content (AvgIpc) is 2.97. The molecule has 0 heterocycles. The van der Waals surface area contributed by atoms with Crippen molar-refractivity contribution in [2.75, 3.05) is 0 Å². The minimum Gasteiger partial charge on any atom is -0.507 e. The molecule has 0 fully saturated rings. The number of allylic oxidation sites excluding steroid dienone is 2. The van der Waals surface area contributed by atoms with Crippen LogP contribution in [0.1, 0.15) is 104 Å². The number of rotatable bonds is 17. The maximum absolute atomic E-state index is 11.2. The van der Waals surface area contributed by atoms with Crippen LogP contribution in [0.3, 0.4) is 0 Å². The first-order valence-corrected chi connectivity index (χ1v) is 16.1. The largest absolute Gasteiger partial charge is 0.507 e. The summed E-state index contributed by atoms with van der Waals surface area (Å²) in [5, 5.41) is 32.7. The standard InChI is InChI=1S/C37H51N3O3/c1-26(2)12-9-13-27(3)14-10-15-28(4)16-11-17-29(5)20-25-33-30(6)36(34-18-7-8-19-35(34)37(33)41)39-38-31-21-23-32(24-22-31)40(42)43/h7-8,18-24,26-28,41H,9-17,25H2,1-6H3/b29-20+,39-38+. The molecule has 3 aromatic carbocycles. The summed E-state index contributed by atoms with van der Waals surface area (Å²) >= 11 is 0. The quantitative estimate of drug-likeness (QED) is 0.0739. The number of aromatic hydroxyl groups is 1. The van der Waals surface area contributed by atoms with E-state index in [1.807, 2.05) is 31.2 Å². The van der Waals surface area contributed by atoms with Crippen LogP contribution in [-0.2, 0) is 6.42 Å². The first-order chi connectivity index (χ1) is 20.6. The maximum atomic E-state index is 11.2. The van der Waals surface area contributed by atoms with Gasteiger partial charge in [0, 0.05) is 28.5 Å². The number of phenolic OH excluding ortho intramolecular Hbond substituents is 1. The van der Waals surface area contributed by atoms with Gasteiger partial charge in [-0.2, -0.15) is 5.11 Å². The van der Waals surface area contributed by atoms with Crippen molar-refractivity contribution >= 4 is 27.8 Å². The maximum Gasteiger partial charge on any atom is 0.269 e. The van der Waals surface area contributed by atoms with E-state index >= 15 is 0 Å². The van der Waals surface area contributed by atoms with Gasteiger partial charge in [-0.3, -0.25) is 10.1 Å². The number of azo groups is 1. The topological polar surface area (TPSA) is 88.1 Å². The van der Waals surface area contributed by atoms with E-state index in [1.54, 1.807) is 12.1 Å². The van der Waals surface area contributed by atoms with Gasteiger partial charge < -0.3 is 5.11 Å². The number of nitro benzene ring substituents is 1. The fourth-order valence-corrected chi connectivity index (χ4v) is 5.79. The van der Waals surface area contributed by atoms with Crippen LogP contribution in [0.2, 0.25) is 0 Å². The SMILES string of the molecule is C/C(=C\Cc1c(C)c(/N=N/c2ccc([N+](=O)[O-])cc2)c2ccccc2c1O)CCCC(C)CCCC(C)CCCC(C)C. The molecule has 0 aromatic heterocycles. The number of hydrogen-bond donors (Lipinski definition) is 1. The molecular formula is C37H51N3O3. The second-order valence-corrected chi connectivity index (χ2v) is 12.9. The number of fused-ring (bicyclic) bond motifs is 1. The van der Waals surface area contributed by atoms with E-state index in [2.05, 4.69) is 50.9 Å². The Morgan fingerprint density at radius 3 is 2.05 bits per heavy atom. The number of nitro groups is 1. The van der Waals surface area contributed by atoms with Gasteiger partial charge in [-0.15, -0.1) is 5.11 Å². The van der Waals surface area contributed by atoms with E-state index in [-0.39, 0.29) is 5.69 Å². The molecule has 3 aromatic rings. The minimum absolute atomic E-state index is 0.0154. The Labute approximate surface area is 258 Å². The number of hydrogen-bond acceptors (Lipinski definition) is 5. The van der Waals surface area contributed by atoms with Crippen molar-refractivity contribution in [3.63, 3.8) is 0 Å². The van der Waals surface area contributed by atoms with Gasteiger partial charge in [0.05, 0.1) is 16.3 Å². The van der Waals surface area contributed by atoms with Crippen molar-refractivity contribution in [3.05, 3.63) is 81.4 Å². The van der Waals surface area contributed by atoms with Gasteiger partial charge in [0.2, 0.25) is 0 Å². The zero-order valence-electron chi connectivity index (χ0n) is 27.1. The smallest absolute Gasteiger partial charge is 0.269 e. The highest BCUT2D eigenvalue weighted by molar-refractivity contribution is 5.99. The molecule has 0 bridgehead atoms. The predicted molar refractivity (Wildman–Crippen MR) is 180 cm³/mol. The van der Waals surface area contributed by atoms with Crippen LogP contribution in [0.25, 0.3) is 10.8 Å². The van der Waals surface area contributed by atoms with Gasteiger partial charge in [-0.1, -0.05) is 109 Å². The van der Waals surface area contributed by atoms with Crippen molar-refractivity contribution in [3.8, 4) is 5.75 Å². The molecule has 0 radical (unpaired) electrons. The van der Waals surface area contributed by atoms with Crippen molar-refractivity contribution in [2.45, 2.75) is 106 Å². The van der Waals surface area contributed by atoms with Crippen LogP contribution >= 0.6 is 0 Å². The molecule has 0 aliphatic rings. The van der Waals surface area contributed by atoms with Crippen LogP contribution in [0.4, 0.5) is 17.1 Å². The molecule has 2 atom stereocenters. The van der Waals surface area contributed by atoms with Crippen LogP contribution in [0.5, 0.6) is 5.75 Å². The van der Waals surface area contributed by atoms with Crippen LogP contribution in [0, 0.1) is 34.8 Å². The molecule has 3 rings (SSSR count). The molecule has 0 saturated carbocycles. The molecule has 0 aliphatic carbocycles. The molecule has 0 aliphatic heterocycles. The van der Waals surface area contributed by atoms with Gasteiger partial charge in [-0.05, 0) is 68.6 Å². The molecule has 1 N–H and O–H groups in total. The normalized spacial score (nSPS) is 13.7. The fraction of sp³-hybridized carbons (Fsp3) is 0.514. The fourth-order valence-electron chi connectivity index (χ4n) is 5.79. The monoisotopic (exact) mass is 585 g/mol. The molecule has 0 saturated heterocycles. The van der Waals surface area contributed by atoms with Gasteiger partial charge >= 0.3 is 0 Å². The lowest BCUT2D eigenvalue weighted by molar-refractivity contribution is -0.384. The first-order valence-electron chi connectivity index (χ1n) is 16.1. The van der Waals surface area contributed by atoms with E-state index < -0.39 is 4.92 Å². The number of non-ortho nitro benzene ring substituents is 1. The van der Waals surface area contributed by atoms with Crippen molar-refractivity contribution in [2.24, 2.45) is 28.0 Å². The molecule has 232 valence electrons. The molecule has 43 heavy (non-hydrogen) atoms. The molecule has 2 unspecified atom stereocenters. The van der Waals surface area contributed by atoms with Gasteiger partial charge in [0.1, 0.15) is 5.75 Å². The van der Waals surface area contributed by atoms with E-state index in [0.29, 0.717) is 23.5 Å². The second kappa shape index (κ2) is 16.9. The highest BCUT2D eigenvalue weighted by Gasteiger charge is 2.16. The summed E-state index contributed by atoms with van der Waals surface area (Å²) < 4.78 is 0. The summed E-state index contributed by atoms with van der Waals surface area (Å²) in [6, 6.07) is 13.7. The summed E-state index contributed by atoms with van der Waals surface area (Å²) in [4.78, 5) is 10.5. The van der Waals surface area contributed by atoms with Crippen molar-refractivity contribution in [1.82, 2.24) is 0 Å². The van der Waals surface area contributed by atoms with Crippen LogP contribution in [-0.4, -0.2) is 10.0 Å². The minimum atomic E-state index is -0.432. The zero-order chi connectivity index (χ0) is 31.4. The summed E-state index contributed by atoms with van der Waals surface area (Å²) in [5.74, 6) is 2.71. The Kier molecular flexibility index (Phi) is 13.4.